The lowest BCUT2D eigenvalue weighted by Gasteiger charge is -2.11. The minimum absolute atomic E-state index is 0.0171. The van der Waals surface area contributed by atoms with Crippen LogP contribution in [0.4, 0.5) is 5.69 Å². The summed E-state index contributed by atoms with van der Waals surface area (Å²) in [5, 5.41) is 18.2. The smallest absolute Gasteiger partial charge is 0.131 e. The first kappa shape index (κ1) is 16.1. The molecule has 0 aliphatic heterocycles. The second-order valence-corrected chi connectivity index (χ2v) is 6.02. The van der Waals surface area contributed by atoms with Gasteiger partial charge in [0.15, 0.2) is 0 Å². The van der Waals surface area contributed by atoms with Gasteiger partial charge in [-0.15, -0.1) is 0 Å². The highest BCUT2D eigenvalue weighted by molar-refractivity contribution is 6.33. The molecule has 0 amide bonds. The molecule has 0 saturated heterocycles. The third-order valence-electron chi connectivity index (χ3n) is 3.32. The molecule has 2 aromatic rings. The van der Waals surface area contributed by atoms with Crippen molar-refractivity contribution < 1.29 is 5.11 Å². The van der Waals surface area contributed by atoms with E-state index in [1.54, 1.807) is 16.8 Å². The van der Waals surface area contributed by atoms with E-state index in [1.807, 2.05) is 13.1 Å². The number of aliphatic hydroxyl groups is 1. The number of rotatable bonds is 5. The summed E-state index contributed by atoms with van der Waals surface area (Å²) < 4.78 is 1.68. The zero-order chi connectivity index (χ0) is 15.6. The van der Waals surface area contributed by atoms with Gasteiger partial charge in [0.2, 0.25) is 0 Å². The average molecular weight is 328 g/mol. The van der Waals surface area contributed by atoms with Crippen LogP contribution in [0, 0.1) is 0 Å². The molecule has 1 aromatic heterocycles. The summed E-state index contributed by atoms with van der Waals surface area (Å²) in [5.74, 6) is 0.291. The van der Waals surface area contributed by atoms with E-state index in [0.717, 1.165) is 22.5 Å². The second-order valence-electron chi connectivity index (χ2n) is 5.26. The predicted octanol–water partition coefficient (Wildman–Crippen LogP) is 3.95. The van der Waals surface area contributed by atoms with Crippen molar-refractivity contribution in [3.63, 3.8) is 0 Å². The van der Waals surface area contributed by atoms with Crippen LogP contribution in [-0.2, 0) is 20.2 Å². The molecule has 4 nitrogen and oxygen atoms in total. The summed E-state index contributed by atoms with van der Waals surface area (Å²) in [7, 11) is 1.83. The molecule has 1 heterocycles. The minimum Gasteiger partial charge on any atom is -0.392 e. The van der Waals surface area contributed by atoms with Gasteiger partial charge in [0, 0.05) is 19.2 Å². The fraction of sp³-hybridized carbons (Fsp3) is 0.400. The molecular formula is C15H19Cl2N3O. The molecule has 21 heavy (non-hydrogen) atoms. The Morgan fingerprint density at radius 1 is 1.33 bits per heavy atom. The number of halogens is 2. The lowest BCUT2D eigenvalue weighted by molar-refractivity contribution is 0.282. The summed E-state index contributed by atoms with van der Waals surface area (Å²) in [6.07, 6.45) is 0. The number of anilines is 1. The Balaban J connectivity index is 2.24. The molecule has 0 bridgehead atoms. The van der Waals surface area contributed by atoms with Gasteiger partial charge in [-0.3, -0.25) is 4.68 Å². The van der Waals surface area contributed by atoms with Gasteiger partial charge in [-0.2, -0.15) is 5.10 Å². The quantitative estimate of drug-likeness (QED) is 0.874. The van der Waals surface area contributed by atoms with Crippen molar-refractivity contribution >= 4 is 28.9 Å². The van der Waals surface area contributed by atoms with Gasteiger partial charge in [0.1, 0.15) is 5.15 Å². The molecule has 0 aliphatic rings. The van der Waals surface area contributed by atoms with Crippen LogP contribution >= 0.6 is 23.2 Å². The Morgan fingerprint density at radius 2 is 2.05 bits per heavy atom. The van der Waals surface area contributed by atoms with Crippen LogP contribution in [0.2, 0.25) is 10.2 Å². The molecule has 0 radical (unpaired) electrons. The molecule has 114 valence electrons. The van der Waals surface area contributed by atoms with Crippen LogP contribution in [0.5, 0.6) is 0 Å². The third-order valence-corrected chi connectivity index (χ3v) is 4.12. The van der Waals surface area contributed by atoms with Crippen molar-refractivity contribution in [3.8, 4) is 0 Å². The van der Waals surface area contributed by atoms with E-state index in [0.29, 0.717) is 22.6 Å². The first-order valence-electron chi connectivity index (χ1n) is 6.78. The molecule has 6 heteroatoms. The number of benzene rings is 1. The van der Waals surface area contributed by atoms with E-state index in [-0.39, 0.29) is 6.61 Å². The number of aromatic nitrogens is 2. The fourth-order valence-electron chi connectivity index (χ4n) is 2.18. The van der Waals surface area contributed by atoms with Gasteiger partial charge in [-0.25, -0.2) is 0 Å². The van der Waals surface area contributed by atoms with Crippen LogP contribution in [0.15, 0.2) is 18.2 Å². The highest BCUT2D eigenvalue weighted by Crippen LogP contribution is 2.28. The Morgan fingerprint density at radius 3 is 2.67 bits per heavy atom. The lowest BCUT2D eigenvalue weighted by atomic mass is 10.1. The van der Waals surface area contributed by atoms with E-state index in [9.17, 15) is 5.11 Å². The summed E-state index contributed by atoms with van der Waals surface area (Å²) in [5.41, 5.74) is 3.53. The Labute approximate surface area is 134 Å². The van der Waals surface area contributed by atoms with E-state index in [4.69, 9.17) is 23.2 Å². The van der Waals surface area contributed by atoms with Crippen molar-refractivity contribution in [2.75, 3.05) is 5.32 Å². The number of hydrogen-bond acceptors (Lipinski definition) is 3. The summed E-state index contributed by atoms with van der Waals surface area (Å²) in [6.45, 7) is 4.69. The van der Waals surface area contributed by atoms with Gasteiger partial charge < -0.3 is 10.4 Å². The summed E-state index contributed by atoms with van der Waals surface area (Å²) in [4.78, 5) is 0. The number of aliphatic hydroxyl groups excluding tert-OH is 1. The maximum Gasteiger partial charge on any atom is 0.131 e. The maximum atomic E-state index is 9.20. The maximum absolute atomic E-state index is 9.20. The highest BCUT2D eigenvalue weighted by Gasteiger charge is 2.17. The summed E-state index contributed by atoms with van der Waals surface area (Å²) in [6, 6.07) is 5.40. The molecule has 0 spiro atoms. The van der Waals surface area contributed by atoms with E-state index in [2.05, 4.69) is 24.3 Å². The first-order valence-corrected chi connectivity index (χ1v) is 7.54. The largest absolute Gasteiger partial charge is 0.392 e. The number of aryl methyl sites for hydroxylation is 1. The van der Waals surface area contributed by atoms with Crippen molar-refractivity contribution in [1.29, 1.82) is 0 Å². The zero-order valence-corrected chi connectivity index (χ0v) is 13.8. The summed E-state index contributed by atoms with van der Waals surface area (Å²) >= 11 is 12.5. The fourth-order valence-corrected chi connectivity index (χ4v) is 2.57. The van der Waals surface area contributed by atoms with Gasteiger partial charge in [0.05, 0.1) is 23.0 Å². The van der Waals surface area contributed by atoms with Crippen molar-refractivity contribution in [3.05, 3.63) is 45.2 Å². The molecule has 0 atom stereocenters. The van der Waals surface area contributed by atoms with Crippen LogP contribution < -0.4 is 5.32 Å². The number of nitrogens with zero attached hydrogens (tertiary/aromatic N) is 2. The van der Waals surface area contributed by atoms with E-state index in [1.165, 1.54) is 0 Å². The molecule has 2 rings (SSSR count). The van der Waals surface area contributed by atoms with E-state index >= 15 is 0 Å². The zero-order valence-electron chi connectivity index (χ0n) is 12.3. The molecule has 1 aromatic carbocycles. The molecule has 0 saturated carbocycles. The topological polar surface area (TPSA) is 50.1 Å². The van der Waals surface area contributed by atoms with Crippen LogP contribution in [0.25, 0.3) is 0 Å². The molecule has 0 unspecified atom stereocenters. The Kier molecular flexibility index (Phi) is 5.14. The number of hydrogen-bond donors (Lipinski definition) is 2. The first-order chi connectivity index (χ1) is 9.93. The molecule has 0 fully saturated rings. The normalized spacial score (nSPS) is 11.2. The van der Waals surface area contributed by atoms with Gasteiger partial charge in [-0.1, -0.05) is 43.1 Å². The van der Waals surface area contributed by atoms with Crippen LogP contribution in [0.1, 0.15) is 36.6 Å². The monoisotopic (exact) mass is 327 g/mol. The molecule has 2 N–H and O–H groups in total. The van der Waals surface area contributed by atoms with Crippen molar-refractivity contribution in [2.45, 2.75) is 32.9 Å². The van der Waals surface area contributed by atoms with Gasteiger partial charge in [-0.05, 0) is 23.6 Å². The standard InChI is InChI=1S/C15H19Cl2N3O/c1-9(2)14-11(15(17)20(3)19-14)7-18-13-6-10(8-21)4-5-12(13)16/h4-6,9,18,21H,7-8H2,1-3H3. The third kappa shape index (κ3) is 3.51. The van der Waals surface area contributed by atoms with Crippen LogP contribution in [0.3, 0.4) is 0 Å². The number of nitrogens with one attached hydrogen (secondary N) is 1. The average Bonchev–Trinajstić information content (AvgIpc) is 2.74. The Hall–Kier alpha value is -1.23. The second kappa shape index (κ2) is 6.69. The van der Waals surface area contributed by atoms with Gasteiger partial charge in [0.25, 0.3) is 0 Å². The lowest BCUT2D eigenvalue weighted by Crippen LogP contribution is -2.04. The minimum atomic E-state index is -0.0171. The predicted molar refractivity (Wildman–Crippen MR) is 87.0 cm³/mol. The van der Waals surface area contributed by atoms with Crippen molar-refractivity contribution in [2.24, 2.45) is 7.05 Å². The van der Waals surface area contributed by atoms with Crippen LogP contribution in [-0.4, -0.2) is 14.9 Å². The highest BCUT2D eigenvalue weighted by atomic mass is 35.5. The Bertz CT molecular complexity index is 638. The van der Waals surface area contributed by atoms with E-state index < -0.39 is 0 Å². The SMILES string of the molecule is CC(C)c1nn(C)c(Cl)c1CNc1cc(CO)ccc1Cl. The molecular weight excluding hydrogens is 309 g/mol. The molecule has 0 aliphatic carbocycles. The van der Waals surface area contributed by atoms with Gasteiger partial charge >= 0.3 is 0 Å². The van der Waals surface area contributed by atoms with Crippen molar-refractivity contribution in [1.82, 2.24) is 9.78 Å².